The largest absolute Gasteiger partial charge is 0.416 e. The third-order valence-electron chi connectivity index (χ3n) is 7.05. The van der Waals surface area contributed by atoms with Gasteiger partial charge < -0.3 is 4.90 Å². The predicted octanol–water partition coefficient (Wildman–Crippen LogP) is 8.72. The molecule has 0 N–H and O–H groups in total. The average Bonchev–Trinajstić information content (AvgIpc) is 2.97. The van der Waals surface area contributed by atoms with E-state index in [9.17, 15) is 18.0 Å². The molecule has 0 aliphatic rings. The van der Waals surface area contributed by atoms with Gasteiger partial charge in [-0.25, -0.2) is 0 Å². The number of amides is 1. The van der Waals surface area contributed by atoms with Gasteiger partial charge in [-0.2, -0.15) is 13.2 Å². The standard InChI is InChI=1S/C34H28F3NO/c35-34(36,37)29-20-18-25(19-21-29)24-38(33(39)32-17-9-15-28-14-7-8-16-31(28)32)23-22-30(26-10-3-1-4-11-26)27-12-5-2-6-13-27/h1-21,30H,22-24H2. The van der Waals surface area contributed by atoms with Crippen molar-refractivity contribution < 1.29 is 18.0 Å². The van der Waals surface area contributed by atoms with Crippen LogP contribution in [0.4, 0.5) is 13.2 Å². The van der Waals surface area contributed by atoms with Gasteiger partial charge in [-0.1, -0.05) is 109 Å². The highest BCUT2D eigenvalue weighted by atomic mass is 19.4. The third kappa shape index (κ3) is 6.20. The Kier molecular flexibility index (Phi) is 7.78. The molecule has 0 aliphatic carbocycles. The van der Waals surface area contributed by atoms with Crippen LogP contribution in [-0.2, 0) is 12.7 Å². The predicted molar refractivity (Wildman–Crippen MR) is 149 cm³/mol. The number of carbonyl (C=O) groups is 1. The Morgan fingerprint density at radius 2 is 1.23 bits per heavy atom. The molecule has 0 saturated heterocycles. The smallest absolute Gasteiger partial charge is 0.334 e. The minimum absolute atomic E-state index is 0.0582. The second kappa shape index (κ2) is 11.6. The summed E-state index contributed by atoms with van der Waals surface area (Å²) in [4.78, 5) is 15.8. The summed E-state index contributed by atoms with van der Waals surface area (Å²) in [5.74, 6) is -0.0885. The maximum atomic E-state index is 14.0. The van der Waals surface area contributed by atoms with Crippen LogP contribution in [0.1, 0.15) is 45.0 Å². The van der Waals surface area contributed by atoms with E-state index in [1.165, 1.54) is 12.1 Å². The molecule has 5 aromatic rings. The molecule has 0 radical (unpaired) electrons. The van der Waals surface area contributed by atoms with Gasteiger partial charge in [0.25, 0.3) is 5.91 Å². The minimum atomic E-state index is -4.41. The average molecular weight is 524 g/mol. The quantitative estimate of drug-likeness (QED) is 0.199. The Morgan fingerprint density at radius 3 is 1.85 bits per heavy atom. The molecule has 0 bridgehead atoms. The number of benzene rings is 5. The Hall–Kier alpha value is -4.38. The first-order valence-electron chi connectivity index (χ1n) is 12.9. The van der Waals surface area contributed by atoms with Crippen LogP contribution >= 0.6 is 0 Å². The molecule has 5 aromatic carbocycles. The molecule has 0 saturated carbocycles. The van der Waals surface area contributed by atoms with E-state index in [-0.39, 0.29) is 18.4 Å². The second-order valence-corrected chi connectivity index (χ2v) is 9.61. The summed E-state index contributed by atoms with van der Waals surface area (Å²) < 4.78 is 39.4. The number of halogens is 3. The van der Waals surface area contributed by atoms with E-state index >= 15 is 0 Å². The Morgan fingerprint density at radius 1 is 0.667 bits per heavy atom. The van der Waals surface area contributed by atoms with E-state index in [0.29, 0.717) is 24.1 Å². The van der Waals surface area contributed by atoms with Crippen LogP contribution in [0, 0.1) is 0 Å². The maximum absolute atomic E-state index is 14.0. The molecular weight excluding hydrogens is 495 g/mol. The van der Waals surface area contributed by atoms with Crippen LogP contribution < -0.4 is 0 Å². The van der Waals surface area contributed by atoms with E-state index in [2.05, 4.69) is 24.3 Å². The number of hydrogen-bond donors (Lipinski definition) is 0. The van der Waals surface area contributed by atoms with Crippen LogP contribution in [0.5, 0.6) is 0 Å². The molecule has 0 aromatic heterocycles. The highest BCUT2D eigenvalue weighted by Crippen LogP contribution is 2.31. The summed E-state index contributed by atoms with van der Waals surface area (Å²) in [6, 6.07) is 38.8. The molecule has 5 rings (SSSR count). The summed E-state index contributed by atoms with van der Waals surface area (Å²) in [6.45, 7) is 0.633. The number of hydrogen-bond acceptors (Lipinski definition) is 1. The van der Waals surface area contributed by atoms with E-state index in [4.69, 9.17) is 0 Å². The van der Waals surface area contributed by atoms with E-state index in [1.807, 2.05) is 78.9 Å². The fourth-order valence-corrected chi connectivity index (χ4v) is 5.04. The number of rotatable bonds is 8. The molecule has 5 heteroatoms. The fourth-order valence-electron chi connectivity index (χ4n) is 5.04. The van der Waals surface area contributed by atoms with Gasteiger partial charge in [0.2, 0.25) is 0 Å². The molecule has 0 fully saturated rings. The van der Waals surface area contributed by atoms with Crippen LogP contribution in [0.3, 0.4) is 0 Å². The molecule has 39 heavy (non-hydrogen) atoms. The van der Waals surface area contributed by atoms with Crippen molar-refractivity contribution >= 4 is 16.7 Å². The highest BCUT2D eigenvalue weighted by Gasteiger charge is 2.30. The summed E-state index contributed by atoms with van der Waals surface area (Å²) in [5.41, 5.74) is 2.82. The van der Waals surface area contributed by atoms with Crippen molar-refractivity contribution in [3.05, 3.63) is 155 Å². The van der Waals surface area contributed by atoms with Crippen molar-refractivity contribution in [2.75, 3.05) is 6.54 Å². The van der Waals surface area contributed by atoms with Crippen molar-refractivity contribution in [2.45, 2.75) is 25.1 Å². The summed E-state index contributed by atoms with van der Waals surface area (Å²) in [6.07, 6.45) is -3.75. The molecule has 1 amide bonds. The lowest BCUT2D eigenvalue weighted by atomic mass is 9.88. The second-order valence-electron chi connectivity index (χ2n) is 9.61. The number of fused-ring (bicyclic) bond motifs is 1. The van der Waals surface area contributed by atoms with Gasteiger partial charge in [0, 0.05) is 24.6 Å². The van der Waals surface area contributed by atoms with E-state index in [1.54, 1.807) is 4.90 Å². The molecule has 0 spiro atoms. The van der Waals surface area contributed by atoms with Gasteiger partial charge in [-0.3, -0.25) is 4.79 Å². The maximum Gasteiger partial charge on any atom is 0.416 e. The van der Waals surface area contributed by atoms with Gasteiger partial charge in [0.1, 0.15) is 0 Å². The zero-order valence-electron chi connectivity index (χ0n) is 21.3. The molecule has 0 unspecified atom stereocenters. The van der Waals surface area contributed by atoms with Gasteiger partial charge in [-0.05, 0) is 52.1 Å². The van der Waals surface area contributed by atoms with Crippen LogP contribution in [0.2, 0.25) is 0 Å². The zero-order chi connectivity index (χ0) is 27.2. The molecule has 0 heterocycles. The molecule has 0 atom stereocenters. The van der Waals surface area contributed by atoms with Crippen molar-refractivity contribution in [1.82, 2.24) is 4.90 Å². The number of nitrogens with zero attached hydrogens (tertiary/aromatic N) is 1. The van der Waals surface area contributed by atoms with Gasteiger partial charge >= 0.3 is 6.18 Å². The summed E-state index contributed by atoms with van der Waals surface area (Å²) in [5, 5.41) is 1.81. The highest BCUT2D eigenvalue weighted by molar-refractivity contribution is 6.07. The van der Waals surface area contributed by atoms with E-state index in [0.717, 1.165) is 34.0 Å². The van der Waals surface area contributed by atoms with Crippen LogP contribution in [0.25, 0.3) is 10.8 Å². The molecular formula is C34H28F3NO. The van der Waals surface area contributed by atoms with Crippen molar-refractivity contribution in [2.24, 2.45) is 0 Å². The third-order valence-corrected chi connectivity index (χ3v) is 7.05. The van der Waals surface area contributed by atoms with Crippen molar-refractivity contribution in [3.63, 3.8) is 0 Å². The summed E-state index contributed by atoms with van der Waals surface area (Å²) >= 11 is 0. The zero-order valence-corrected chi connectivity index (χ0v) is 21.3. The van der Waals surface area contributed by atoms with Crippen LogP contribution in [0.15, 0.2) is 127 Å². The Labute approximate surface area is 226 Å². The van der Waals surface area contributed by atoms with E-state index < -0.39 is 11.7 Å². The molecule has 196 valence electrons. The Bertz CT molecular complexity index is 1490. The number of alkyl halides is 3. The lowest BCUT2D eigenvalue weighted by molar-refractivity contribution is -0.137. The first kappa shape index (κ1) is 26.2. The SMILES string of the molecule is O=C(c1cccc2ccccc12)N(CCC(c1ccccc1)c1ccccc1)Cc1ccc(C(F)(F)F)cc1. The van der Waals surface area contributed by atoms with Crippen LogP contribution in [-0.4, -0.2) is 17.4 Å². The lowest BCUT2D eigenvalue weighted by Gasteiger charge is -2.27. The normalized spacial score (nSPS) is 11.6. The van der Waals surface area contributed by atoms with Gasteiger partial charge in [-0.15, -0.1) is 0 Å². The lowest BCUT2D eigenvalue weighted by Crippen LogP contribution is -2.32. The van der Waals surface area contributed by atoms with Crippen molar-refractivity contribution in [3.8, 4) is 0 Å². The first-order chi connectivity index (χ1) is 18.9. The summed E-state index contributed by atoms with van der Waals surface area (Å²) in [7, 11) is 0. The van der Waals surface area contributed by atoms with Gasteiger partial charge in [0.15, 0.2) is 0 Å². The monoisotopic (exact) mass is 523 g/mol. The Balaban J connectivity index is 1.48. The molecule has 2 nitrogen and oxygen atoms in total. The fraction of sp³-hybridized carbons (Fsp3) is 0.147. The number of carbonyl (C=O) groups excluding carboxylic acids is 1. The minimum Gasteiger partial charge on any atom is -0.334 e. The first-order valence-corrected chi connectivity index (χ1v) is 12.9. The topological polar surface area (TPSA) is 20.3 Å². The molecule has 0 aliphatic heterocycles. The van der Waals surface area contributed by atoms with Crippen molar-refractivity contribution in [1.29, 1.82) is 0 Å². The van der Waals surface area contributed by atoms with Gasteiger partial charge in [0.05, 0.1) is 5.56 Å².